The van der Waals surface area contributed by atoms with Crippen molar-refractivity contribution in [2.75, 3.05) is 12.4 Å². The van der Waals surface area contributed by atoms with Crippen LogP contribution in [0.2, 0.25) is 5.28 Å². The number of hydrogen-bond donors (Lipinski definition) is 1. The molecule has 0 bridgehead atoms. The Morgan fingerprint density at radius 3 is 2.59 bits per heavy atom. The van der Waals surface area contributed by atoms with Gasteiger partial charge in [0.25, 0.3) is 0 Å². The number of benzene rings is 1. The molecule has 3 aromatic heterocycles. The number of rotatable bonds is 4. The smallest absolute Gasteiger partial charge is 0.416 e. The molecule has 0 amide bonds. The lowest BCUT2D eigenvalue weighted by Gasteiger charge is -2.14. The average molecular weight is 421 g/mol. The highest BCUT2D eigenvalue weighted by atomic mass is 35.5. The van der Waals surface area contributed by atoms with Gasteiger partial charge in [-0.3, -0.25) is 0 Å². The summed E-state index contributed by atoms with van der Waals surface area (Å²) >= 11 is 5.90. The molecule has 29 heavy (non-hydrogen) atoms. The Morgan fingerprint density at radius 2 is 1.90 bits per heavy atom. The second-order valence-electron chi connectivity index (χ2n) is 5.90. The number of anilines is 1. The summed E-state index contributed by atoms with van der Waals surface area (Å²) in [5, 5.41) is 14.5. The van der Waals surface area contributed by atoms with Crippen molar-refractivity contribution >= 4 is 23.1 Å². The van der Waals surface area contributed by atoms with Crippen molar-refractivity contribution in [3.8, 4) is 22.8 Å². The van der Waals surface area contributed by atoms with Crippen LogP contribution in [0.1, 0.15) is 5.56 Å². The fourth-order valence-electron chi connectivity index (χ4n) is 2.64. The minimum atomic E-state index is -4.53. The molecule has 0 aliphatic rings. The molecule has 7 nitrogen and oxygen atoms in total. The first-order valence-electron chi connectivity index (χ1n) is 8.26. The monoisotopic (exact) mass is 420 g/mol. The lowest BCUT2D eigenvalue weighted by atomic mass is 10.0. The normalized spacial score (nSPS) is 11.6. The minimum absolute atomic E-state index is 0.00145. The zero-order valence-electron chi connectivity index (χ0n) is 14.8. The summed E-state index contributed by atoms with van der Waals surface area (Å²) in [6, 6.07) is 9.67. The number of hydrogen-bond acceptors (Lipinski definition) is 6. The maximum Gasteiger partial charge on any atom is 0.416 e. The Bertz CT molecular complexity index is 1180. The molecule has 3 heterocycles. The van der Waals surface area contributed by atoms with Crippen LogP contribution in [-0.4, -0.2) is 31.8 Å². The van der Waals surface area contributed by atoms with Gasteiger partial charge in [-0.25, -0.2) is 4.98 Å². The van der Waals surface area contributed by atoms with Gasteiger partial charge in [0.2, 0.25) is 11.2 Å². The van der Waals surface area contributed by atoms with Gasteiger partial charge in [0.15, 0.2) is 5.65 Å². The topological polar surface area (TPSA) is 77.2 Å². The molecule has 1 aromatic carbocycles. The fraction of sp³-hybridized carbons (Fsp3) is 0.111. The molecule has 0 radical (unpaired) electrons. The van der Waals surface area contributed by atoms with Gasteiger partial charge in [0, 0.05) is 30.4 Å². The van der Waals surface area contributed by atoms with Crippen molar-refractivity contribution in [3.63, 3.8) is 0 Å². The zero-order chi connectivity index (χ0) is 20.6. The van der Waals surface area contributed by atoms with Crippen LogP contribution >= 0.6 is 11.6 Å². The summed E-state index contributed by atoms with van der Waals surface area (Å²) in [5.74, 6) is 0.618. The molecular weight excluding hydrogens is 409 g/mol. The van der Waals surface area contributed by atoms with Crippen molar-refractivity contribution in [3.05, 3.63) is 59.5 Å². The van der Waals surface area contributed by atoms with E-state index in [2.05, 4.69) is 25.6 Å². The quantitative estimate of drug-likeness (QED) is 0.516. The molecule has 0 aliphatic heterocycles. The SMILES string of the molecule is CNc1ccc(-c2ccc(C(F)(F)F)cc2Oc2ccc3nnc(Cl)n3n2)cn1. The van der Waals surface area contributed by atoms with E-state index in [-0.39, 0.29) is 16.9 Å². The van der Waals surface area contributed by atoms with Gasteiger partial charge in [-0.05, 0) is 48.0 Å². The third kappa shape index (κ3) is 3.79. The summed E-state index contributed by atoms with van der Waals surface area (Å²) in [7, 11) is 1.71. The van der Waals surface area contributed by atoms with E-state index in [1.165, 1.54) is 28.9 Å². The number of nitrogens with zero attached hydrogens (tertiary/aromatic N) is 5. The standard InChI is InChI=1S/C18H12ClF3N6O/c1-23-14-5-2-10(9-24-14)12-4-3-11(18(20,21)22)8-13(12)29-16-7-6-15-25-26-17(19)28(15)27-16/h2-9H,1H3,(H,23,24). The molecule has 4 rings (SSSR count). The summed E-state index contributed by atoms with van der Waals surface area (Å²) in [6.45, 7) is 0. The molecule has 1 N–H and O–H groups in total. The summed E-state index contributed by atoms with van der Waals surface area (Å²) in [5.41, 5.74) is 0.527. The van der Waals surface area contributed by atoms with Crippen LogP contribution in [0.5, 0.6) is 11.6 Å². The van der Waals surface area contributed by atoms with E-state index >= 15 is 0 Å². The number of pyridine rings is 1. The number of ether oxygens (including phenoxy) is 1. The maximum absolute atomic E-state index is 13.2. The predicted octanol–water partition coefficient (Wildman–Crippen LogP) is 4.69. The van der Waals surface area contributed by atoms with Crippen molar-refractivity contribution in [2.45, 2.75) is 6.18 Å². The van der Waals surface area contributed by atoms with Gasteiger partial charge in [-0.2, -0.15) is 17.7 Å². The van der Waals surface area contributed by atoms with E-state index in [9.17, 15) is 13.2 Å². The van der Waals surface area contributed by atoms with Crippen LogP contribution in [0.3, 0.4) is 0 Å². The predicted molar refractivity (Wildman–Crippen MR) is 100 cm³/mol. The van der Waals surface area contributed by atoms with Crippen molar-refractivity contribution < 1.29 is 17.9 Å². The fourth-order valence-corrected chi connectivity index (χ4v) is 2.80. The van der Waals surface area contributed by atoms with Crippen LogP contribution in [0.15, 0.2) is 48.7 Å². The van der Waals surface area contributed by atoms with Gasteiger partial charge < -0.3 is 10.1 Å². The Morgan fingerprint density at radius 1 is 1.07 bits per heavy atom. The average Bonchev–Trinajstić information content (AvgIpc) is 3.08. The van der Waals surface area contributed by atoms with Crippen LogP contribution in [-0.2, 0) is 6.18 Å². The Kier molecular flexibility index (Phi) is 4.71. The third-order valence-corrected chi connectivity index (χ3v) is 4.29. The second-order valence-corrected chi connectivity index (χ2v) is 6.24. The molecule has 0 fully saturated rings. The molecule has 0 atom stereocenters. The van der Waals surface area contributed by atoms with Gasteiger partial charge in [-0.1, -0.05) is 0 Å². The number of fused-ring (bicyclic) bond motifs is 1. The van der Waals surface area contributed by atoms with E-state index in [1.807, 2.05) is 0 Å². The highest BCUT2D eigenvalue weighted by Crippen LogP contribution is 2.38. The lowest BCUT2D eigenvalue weighted by Crippen LogP contribution is -2.05. The number of nitrogens with one attached hydrogen (secondary N) is 1. The van der Waals surface area contributed by atoms with E-state index in [1.54, 1.807) is 19.2 Å². The molecular formula is C18H12ClF3N6O. The second kappa shape index (κ2) is 7.21. The first kappa shape index (κ1) is 18.9. The molecule has 4 aromatic rings. The Hall–Kier alpha value is -3.40. The first-order chi connectivity index (χ1) is 13.8. The van der Waals surface area contributed by atoms with E-state index in [0.717, 1.165) is 12.1 Å². The van der Waals surface area contributed by atoms with Gasteiger partial charge in [0.1, 0.15) is 11.6 Å². The zero-order valence-corrected chi connectivity index (χ0v) is 15.5. The first-order valence-corrected chi connectivity index (χ1v) is 8.64. The summed E-state index contributed by atoms with van der Waals surface area (Å²) in [6.07, 6.45) is -2.99. The summed E-state index contributed by atoms with van der Waals surface area (Å²) < 4.78 is 46.6. The number of alkyl halides is 3. The van der Waals surface area contributed by atoms with Gasteiger partial charge in [0.05, 0.1) is 5.56 Å². The van der Waals surface area contributed by atoms with E-state index < -0.39 is 11.7 Å². The van der Waals surface area contributed by atoms with Crippen LogP contribution in [0.4, 0.5) is 19.0 Å². The number of halogens is 4. The molecule has 11 heteroatoms. The Labute approximate surface area is 167 Å². The van der Waals surface area contributed by atoms with Crippen LogP contribution in [0, 0.1) is 0 Å². The number of aromatic nitrogens is 5. The molecule has 0 spiro atoms. The van der Waals surface area contributed by atoms with Crippen LogP contribution < -0.4 is 10.1 Å². The van der Waals surface area contributed by atoms with E-state index in [0.29, 0.717) is 22.6 Å². The highest BCUT2D eigenvalue weighted by molar-refractivity contribution is 6.28. The lowest BCUT2D eigenvalue weighted by molar-refractivity contribution is -0.137. The molecule has 0 saturated heterocycles. The highest BCUT2D eigenvalue weighted by Gasteiger charge is 2.31. The van der Waals surface area contributed by atoms with Crippen molar-refractivity contribution in [2.24, 2.45) is 0 Å². The van der Waals surface area contributed by atoms with Gasteiger partial charge >= 0.3 is 6.18 Å². The Balaban J connectivity index is 1.79. The third-order valence-electron chi connectivity index (χ3n) is 4.05. The molecule has 0 saturated carbocycles. The van der Waals surface area contributed by atoms with Crippen LogP contribution in [0.25, 0.3) is 16.8 Å². The molecule has 148 valence electrons. The maximum atomic E-state index is 13.2. The molecule has 0 aliphatic carbocycles. The van der Waals surface area contributed by atoms with Crippen molar-refractivity contribution in [1.82, 2.24) is 24.8 Å². The van der Waals surface area contributed by atoms with Gasteiger partial charge in [-0.15, -0.1) is 15.3 Å². The van der Waals surface area contributed by atoms with E-state index in [4.69, 9.17) is 16.3 Å². The summed E-state index contributed by atoms with van der Waals surface area (Å²) in [4.78, 5) is 4.20. The molecule has 0 unspecified atom stereocenters. The van der Waals surface area contributed by atoms with Crippen molar-refractivity contribution in [1.29, 1.82) is 0 Å². The minimum Gasteiger partial charge on any atom is -0.437 e. The largest absolute Gasteiger partial charge is 0.437 e.